The summed E-state index contributed by atoms with van der Waals surface area (Å²) in [5.41, 5.74) is 2.28. The molecule has 0 unspecified atom stereocenters. The van der Waals surface area contributed by atoms with Gasteiger partial charge < -0.3 is 4.74 Å². The zero-order chi connectivity index (χ0) is 13.5. The Morgan fingerprint density at radius 1 is 1.39 bits per heavy atom. The Hall–Kier alpha value is -1.31. The lowest BCUT2D eigenvalue weighted by atomic mass is 9.97. The second-order valence-corrected chi connectivity index (χ2v) is 4.88. The zero-order valence-electron chi connectivity index (χ0n) is 12.0. The molecule has 1 rings (SSSR count). The van der Waals surface area contributed by atoms with Gasteiger partial charge in [0.05, 0.1) is 0 Å². The first kappa shape index (κ1) is 14.7. The predicted octanol–water partition coefficient (Wildman–Crippen LogP) is 4.54. The van der Waals surface area contributed by atoms with E-state index in [0.29, 0.717) is 12.3 Å². The molecule has 100 valence electrons. The van der Waals surface area contributed by atoms with Crippen LogP contribution in [-0.2, 0) is 9.53 Å². The maximum absolute atomic E-state index is 11.7. The third-order valence-electron chi connectivity index (χ3n) is 3.02. The van der Waals surface area contributed by atoms with Gasteiger partial charge >= 0.3 is 5.97 Å². The van der Waals surface area contributed by atoms with E-state index >= 15 is 0 Å². The van der Waals surface area contributed by atoms with Gasteiger partial charge in [-0.3, -0.25) is 4.79 Å². The second kappa shape index (κ2) is 7.20. The van der Waals surface area contributed by atoms with Crippen LogP contribution in [0.4, 0.5) is 0 Å². The molecular formula is C16H24O2. The first-order chi connectivity index (χ1) is 8.60. The fraction of sp³-hybridized carbons (Fsp3) is 0.562. The molecule has 2 heteroatoms. The fourth-order valence-electron chi connectivity index (χ4n) is 2.03. The zero-order valence-corrected chi connectivity index (χ0v) is 12.0. The van der Waals surface area contributed by atoms with Crippen molar-refractivity contribution in [3.63, 3.8) is 0 Å². The highest BCUT2D eigenvalue weighted by molar-refractivity contribution is 5.71. The Bertz CT molecular complexity index is 384. The van der Waals surface area contributed by atoms with Crippen LogP contribution in [0.2, 0.25) is 0 Å². The maximum Gasteiger partial charge on any atom is 0.311 e. The molecular weight excluding hydrogens is 224 g/mol. The largest absolute Gasteiger partial charge is 0.426 e. The Labute approximate surface area is 110 Å². The standard InChI is InChI=1S/C16H24O2/c1-5-9-15(17)18-16-13(6-2)10-7-8-11-14(16)12(3)4/h7,10-12H,5-6,8-9H2,1-4H3. The molecule has 0 spiro atoms. The smallest absolute Gasteiger partial charge is 0.311 e. The van der Waals surface area contributed by atoms with Crippen LogP contribution >= 0.6 is 0 Å². The van der Waals surface area contributed by atoms with Gasteiger partial charge in [0.25, 0.3) is 0 Å². The fourth-order valence-corrected chi connectivity index (χ4v) is 2.03. The number of carbonyl (C=O) groups excluding carboxylic acids is 1. The highest BCUT2D eigenvalue weighted by atomic mass is 16.5. The number of hydrogen-bond donors (Lipinski definition) is 0. The van der Waals surface area contributed by atoms with Gasteiger partial charge in [0, 0.05) is 6.42 Å². The minimum absolute atomic E-state index is 0.125. The molecule has 0 aliphatic heterocycles. The highest BCUT2D eigenvalue weighted by Crippen LogP contribution is 2.29. The summed E-state index contributed by atoms with van der Waals surface area (Å²) in [6, 6.07) is 0. The molecule has 0 saturated heterocycles. The average Bonchev–Trinajstić information content (AvgIpc) is 2.51. The van der Waals surface area contributed by atoms with Crippen LogP contribution in [0.3, 0.4) is 0 Å². The maximum atomic E-state index is 11.7. The van der Waals surface area contributed by atoms with Crippen molar-refractivity contribution in [2.45, 2.75) is 53.4 Å². The first-order valence-electron chi connectivity index (χ1n) is 6.90. The van der Waals surface area contributed by atoms with Gasteiger partial charge in [-0.25, -0.2) is 0 Å². The van der Waals surface area contributed by atoms with Gasteiger partial charge in [-0.2, -0.15) is 0 Å². The van der Waals surface area contributed by atoms with Crippen molar-refractivity contribution in [3.05, 3.63) is 35.1 Å². The predicted molar refractivity (Wildman–Crippen MR) is 75.0 cm³/mol. The van der Waals surface area contributed by atoms with Crippen LogP contribution in [0.5, 0.6) is 0 Å². The molecule has 18 heavy (non-hydrogen) atoms. The van der Waals surface area contributed by atoms with Crippen molar-refractivity contribution in [1.29, 1.82) is 0 Å². The van der Waals surface area contributed by atoms with E-state index in [0.717, 1.165) is 36.2 Å². The van der Waals surface area contributed by atoms with Gasteiger partial charge in [0.1, 0.15) is 5.76 Å². The van der Waals surface area contributed by atoms with Crippen molar-refractivity contribution in [2.75, 3.05) is 0 Å². The van der Waals surface area contributed by atoms with Crippen LogP contribution in [0.1, 0.15) is 53.4 Å². The van der Waals surface area contributed by atoms with Crippen molar-refractivity contribution in [3.8, 4) is 0 Å². The lowest BCUT2D eigenvalue weighted by molar-refractivity contribution is -0.139. The monoisotopic (exact) mass is 248 g/mol. The van der Waals surface area contributed by atoms with E-state index in [1.54, 1.807) is 0 Å². The highest BCUT2D eigenvalue weighted by Gasteiger charge is 2.18. The van der Waals surface area contributed by atoms with E-state index in [-0.39, 0.29) is 5.97 Å². The Morgan fingerprint density at radius 3 is 2.67 bits per heavy atom. The quantitative estimate of drug-likeness (QED) is 0.668. The summed E-state index contributed by atoms with van der Waals surface area (Å²) in [5, 5.41) is 0. The molecule has 0 aromatic heterocycles. The lowest BCUT2D eigenvalue weighted by Crippen LogP contribution is -2.10. The van der Waals surface area contributed by atoms with Crippen LogP contribution in [0, 0.1) is 5.92 Å². The number of hydrogen-bond acceptors (Lipinski definition) is 2. The summed E-state index contributed by atoms with van der Waals surface area (Å²) in [6.45, 7) is 8.36. The third-order valence-corrected chi connectivity index (χ3v) is 3.02. The molecule has 2 nitrogen and oxygen atoms in total. The van der Waals surface area contributed by atoms with Gasteiger partial charge in [-0.1, -0.05) is 45.9 Å². The number of carbonyl (C=O) groups is 1. The summed E-state index contributed by atoms with van der Waals surface area (Å²) in [7, 11) is 0. The topological polar surface area (TPSA) is 26.3 Å². The molecule has 1 aliphatic rings. The molecule has 0 bridgehead atoms. The minimum Gasteiger partial charge on any atom is -0.426 e. The van der Waals surface area contributed by atoms with Crippen LogP contribution in [0.25, 0.3) is 0 Å². The Morgan fingerprint density at radius 2 is 2.11 bits per heavy atom. The molecule has 0 saturated carbocycles. The molecule has 0 heterocycles. The molecule has 0 N–H and O–H groups in total. The van der Waals surface area contributed by atoms with Crippen molar-refractivity contribution >= 4 is 5.97 Å². The van der Waals surface area contributed by atoms with E-state index in [1.807, 2.05) is 6.92 Å². The van der Waals surface area contributed by atoms with Crippen LogP contribution in [-0.4, -0.2) is 5.97 Å². The van der Waals surface area contributed by atoms with E-state index in [2.05, 4.69) is 39.0 Å². The van der Waals surface area contributed by atoms with Crippen molar-refractivity contribution in [1.82, 2.24) is 0 Å². The molecule has 1 aliphatic carbocycles. The average molecular weight is 248 g/mol. The van der Waals surface area contributed by atoms with E-state index < -0.39 is 0 Å². The van der Waals surface area contributed by atoms with Gasteiger partial charge in [0.15, 0.2) is 0 Å². The van der Waals surface area contributed by atoms with Gasteiger partial charge in [-0.15, -0.1) is 0 Å². The summed E-state index contributed by atoms with van der Waals surface area (Å²) in [6.07, 6.45) is 9.47. The number of allylic oxidation sites excluding steroid dienone is 5. The van der Waals surface area contributed by atoms with Crippen LogP contribution in [0.15, 0.2) is 35.1 Å². The van der Waals surface area contributed by atoms with Crippen molar-refractivity contribution < 1.29 is 9.53 Å². The molecule has 0 atom stereocenters. The Kier molecular flexibility index (Phi) is 5.90. The molecule has 0 amide bonds. The SMILES string of the molecule is CCCC(=O)OC1=C(CC)C=CCC=C1C(C)C. The van der Waals surface area contributed by atoms with Gasteiger partial charge in [-0.05, 0) is 36.3 Å². The van der Waals surface area contributed by atoms with Gasteiger partial charge in [0.2, 0.25) is 0 Å². The third kappa shape index (κ3) is 3.86. The second-order valence-electron chi connectivity index (χ2n) is 4.88. The summed E-state index contributed by atoms with van der Waals surface area (Å²) in [4.78, 5) is 11.7. The summed E-state index contributed by atoms with van der Waals surface area (Å²) in [5.74, 6) is 1.04. The summed E-state index contributed by atoms with van der Waals surface area (Å²) < 4.78 is 5.61. The molecule has 0 aromatic rings. The number of rotatable bonds is 5. The van der Waals surface area contributed by atoms with E-state index in [1.165, 1.54) is 0 Å². The molecule has 0 fully saturated rings. The van der Waals surface area contributed by atoms with E-state index in [4.69, 9.17) is 4.74 Å². The van der Waals surface area contributed by atoms with Crippen molar-refractivity contribution in [2.24, 2.45) is 5.92 Å². The van der Waals surface area contributed by atoms with E-state index in [9.17, 15) is 4.79 Å². The lowest BCUT2D eigenvalue weighted by Gasteiger charge is -2.17. The minimum atomic E-state index is -0.125. The Balaban J connectivity index is 3.05. The normalized spacial score (nSPS) is 15.7. The molecule has 0 radical (unpaired) electrons. The number of ether oxygens (including phenoxy) is 1. The summed E-state index contributed by atoms with van der Waals surface area (Å²) >= 11 is 0. The van der Waals surface area contributed by atoms with Crippen LogP contribution < -0.4 is 0 Å². The first-order valence-corrected chi connectivity index (χ1v) is 6.90. The molecule has 0 aromatic carbocycles. The number of esters is 1.